The maximum absolute atomic E-state index is 9.61. The fraction of sp³-hybridized carbons (Fsp3) is 0.909. The Labute approximate surface area is 148 Å². The lowest BCUT2D eigenvalue weighted by Crippen LogP contribution is -2.20. The Bertz CT molecular complexity index is 367. The van der Waals surface area contributed by atoms with Crippen molar-refractivity contribution in [2.24, 2.45) is 23.7 Å². The minimum Gasteiger partial charge on any atom is -0.393 e. The van der Waals surface area contributed by atoms with Crippen LogP contribution in [0.3, 0.4) is 0 Å². The van der Waals surface area contributed by atoms with E-state index in [9.17, 15) is 10.2 Å². The molecule has 0 aromatic rings. The second-order valence-corrected chi connectivity index (χ2v) is 8.99. The number of aliphatic hydroxyl groups is 2. The number of aliphatic hydroxyl groups excluding tert-OH is 2. The molecule has 0 atom stereocenters. The molecule has 0 aliphatic heterocycles. The van der Waals surface area contributed by atoms with Gasteiger partial charge in [0, 0.05) is 0 Å². The summed E-state index contributed by atoms with van der Waals surface area (Å²) < 4.78 is 0. The lowest BCUT2D eigenvalue weighted by atomic mass is 9.76. The summed E-state index contributed by atoms with van der Waals surface area (Å²) in [7, 11) is 0. The molecule has 2 nitrogen and oxygen atoms in total. The number of hydrogen-bond donors (Lipinski definition) is 2. The average molecular weight is 335 g/mol. The van der Waals surface area contributed by atoms with E-state index < -0.39 is 0 Å². The van der Waals surface area contributed by atoms with Gasteiger partial charge in [-0.05, 0) is 101 Å². The molecule has 3 fully saturated rings. The van der Waals surface area contributed by atoms with Gasteiger partial charge in [-0.3, -0.25) is 0 Å². The third kappa shape index (κ3) is 5.88. The molecule has 0 amide bonds. The third-order valence-corrected chi connectivity index (χ3v) is 7.09. The Morgan fingerprint density at radius 3 is 1.29 bits per heavy atom. The molecule has 138 valence electrons. The minimum atomic E-state index is -0.0301. The summed E-state index contributed by atoms with van der Waals surface area (Å²) in [6.45, 7) is 0. The smallest absolute Gasteiger partial charge is 0.0540 e. The Morgan fingerprint density at radius 2 is 0.833 bits per heavy atom. The van der Waals surface area contributed by atoms with Crippen molar-refractivity contribution in [3.8, 4) is 0 Å². The van der Waals surface area contributed by atoms with Crippen molar-refractivity contribution in [1.29, 1.82) is 0 Å². The van der Waals surface area contributed by atoms with Gasteiger partial charge in [-0.1, -0.05) is 25.0 Å². The highest BCUT2D eigenvalue weighted by Gasteiger charge is 2.24. The molecule has 3 aliphatic rings. The molecule has 3 saturated carbocycles. The summed E-state index contributed by atoms with van der Waals surface area (Å²) in [5, 5.41) is 19.2. The molecule has 3 rings (SSSR count). The molecule has 0 saturated heterocycles. The van der Waals surface area contributed by atoms with Gasteiger partial charge in [-0.25, -0.2) is 0 Å². The molecular weight excluding hydrogens is 296 g/mol. The van der Waals surface area contributed by atoms with E-state index >= 15 is 0 Å². The predicted molar refractivity (Wildman–Crippen MR) is 99.8 cm³/mol. The van der Waals surface area contributed by atoms with E-state index in [0.29, 0.717) is 0 Å². The summed E-state index contributed by atoms with van der Waals surface area (Å²) in [6.07, 6.45) is 22.4. The lowest BCUT2D eigenvalue weighted by Gasteiger charge is -2.30. The Kier molecular flexibility index (Phi) is 7.21. The van der Waals surface area contributed by atoms with Gasteiger partial charge in [-0.2, -0.15) is 0 Å². The van der Waals surface area contributed by atoms with Crippen LogP contribution < -0.4 is 0 Å². The van der Waals surface area contributed by atoms with Crippen molar-refractivity contribution >= 4 is 0 Å². The van der Waals surface area contributed by atoms with Crippen LogP contribution in [0, 0.1) is 23.7 Å². The topological polar surface area (TPSA) is 40.5 Å². The fourth-order valence-corrected chi connectivity index (χ4v) is 5.18. The van der Waals surface area contributed by atoms with Crippen LogP contribution in [-0.4, -0.2) is 22.4 Å². The fourth-order valence-electron chi connectivity index (χ4n) is 5.18. The summed E-state index contributed by atoms with van der Waals surface area (Å²) in [5.74, 6) is 3.41. The van der Waals surface area contributed by atoms with E-state index in [1.807, 2.05) is 0 Å². The van der Waals surface area contributed by atoms with Gasteiger partial charge in [-0.15, -0.1) is 0 Å². The molecule has 0 bridgehead atoms. The van der Waals surface area contributed by atoms with Crippen LogP contribution in [-0.2, 0) is 0 Å². The number of hydrogen-bond acceptors (Lipinski definition) is 2. The molecule has 0 heterocycles. The zero-order valence-electron chi connectivity index (χ0n) is 15.4. The molecule has 0 radical (unpaired) electrons. The van der Waals surface area contributed by atoms with Crippen LogP contribution in [0.4, 0.5) is 0 Å². The van der Waals surface area contributed by atoms with E-state index in [4.69, 9.17) is 0 Å². The number of allylic oxidation sites excluding steroid dienone is 2. The van der Waals surface area contributed by atoms with Crippen LogP contribution >= 0.6 is 0 Å². The van der Waals surface area contributed by atoms with Crippen molar-refractivity contribution in [3.63, 3.8) is 0 Å². The van der Waals surface area contributed by atoms with Gasteiger partial charge >= 0.3 is 0 Å². The summed E-state index contributed by atoms with van der Waals surface area (Å²) in [4.78, 5) is 0. The van der Waals surface area contributed by atoms with Crippen molar-refractivity contribution in [1.82, 2.24) is 0 Å². The highest BCUT2D eigenvalue weighted by molar-refractivity contribution is 4.96. The Morgan fingerprint density at radius 1 is 0.500 bits per heavy atom. The number of rotatable bonds is 5. The Balaban J connectivity index is 1.29. The molecular formula is C22H38O2. The predicted octanol–water partition coefficient (Wildman–Crippen LogP) is 5.23. The second kappa shape index (κ2) is 9.38. The van der Waals surface area contributed by atoms with Crippen molar-refractivity contribution in [2.45, 2.75) is 102 Å². The summed E-state index contributed by atoms with van der Waals surface area (Å²) in [5.41, 5.74) is 0. The van der Waals surface area contributed by atoms with E-state index in [1.165, 1.54) is 64.2 Å². The van der Waals surface area contributed by atoms with Crippen molar-refractivity contribution in [2.75, 3.05) is 0 Å². The van der Waals surface area contributed by atoms with Gasteiger partial charge in [0.2, 0.25) is 0 Å². The van der Waals surface area contributed by atoms with E-state index in [1.54, 1.807) is 0 Å². The van der Waals surface area contributed by atoms with Crippen LogP contribution in [0.1, 0.15) is 89.9 Å². The molecule has 0 unspecified atom stereocenters. The minimum absolute atomic E-state index is 0.00379. The highest BCUT2D eigenvalue weighted by atomic mass is 16.3. The van der Waals surface area contributed by atoms with Gasteiger partial charge in [0.1, 0.15) is 0 Å². The van der Waals surface area contributed by atoms with E-state index in [2.05, 4.69) is 12.2 Å². The zero-order chi connectivity index (χ0) is 16.8. The molecule has 0 aromatic heterocycles. The molecule has 24 heavy (non-hydrogen) atoms. The lowest BCUT2D eigenvalue weighted by molar-refractivity contribution is 0.103. The second-order valence-electron chi connectivity index (χ2n) is 8.99. The van der Waals surface area contributed by atoms with Gasteiger partial charge in [0.25, 0.3) is 0 Å². The first-order chi connectivity index (χ1) is 11.7. The Hall–Kier alpha value is -0.340. The maximum atomic E-state index is 9.61. The maximum Gasteiger partial charge on any atom is 0.0540 e. The molecule has 0 aromatic carbocycles. The zero-order valence-corrected chi connectivity index (χ0v) is 15.4. The molecule has 3 aliphatic carbocycles. The first kappa shape index (κ1) is 18.5. The van der Waals surface area contributed by atoms with Crippen molar-refractivity contribution < 1.29 is 10.2 Å². The third-order valence-electron chi connectivity index (χ3n) is 7.09. The quantitative estimate of drug-likeness (QED) is 0.676. The average Bonchev–Trinajstić information content (AvgIpc) is 2.62. The highest BCUT2D eigenvalue weighted by Crippen LogP contribution is 2.36. The molecule has 0 spiro atoms. The van der Waals surface area contributed by atoms with Crippen LogP contribution in [0.25, 0.3) is 0 Å². The summed E-state index contributed by atoms with van der Waals surface area (Å²) >= 11 is 0. The van der Waals surface area contributed by atoms with Crippen LogP contribution in [0.15, 0.2) is 12.2 Å². The van der Waals surface area contributed by atoms with Gasteiger partial charge in [0.15, 0.2) is 0 Å². The first-order valence-electron chi connectivity index (χ1n) is 10.7. The normalized spacial score (nSPS) is 41.6. The van der Waals surface area contributed by atoms with Crippen LogP contribution in [0.2, 0.25) is 0 Å². The monoisotopic (exact) mass is 334 g/mol. The SMILES string of the molecule is OC1CCC(/C=C/C2CCC(CCC3CCC(O)CC3)CC2)CC1. The van der Waals surface area contributed by atoms with Crippen LogP contribution in [0.5, 0.6) is 0 Å². The largest absolute Gasteiger partial charge is 0.393 e. The summed E-state index contributed by atoms with van der Waals surface area (Å²) in [6, 6.07) is 0. The van der Waals surface area contributed by atoms with Gasteiger partial charge in [0.05, 0.1) is 12.2 Å². The van der Waals surface area contributed by atoms with Crippen molar-refractivity contribution in [3.05, 3.63) is 12.2 Å². The first-order valence-corrected chi connectivity index (χ1v) is 10.7. The molecule has 2 N–H and O–H groups in total. The van der Waals surface area contributed by atoms with Gasteiger partial charge < -0.3 is 10.2 Å². The van der Waals surface area contributed by atoms with E-state index in [0.717, 1.165) is 49.4 Å². The van der Waals surface area contributed by atoms with E-state index in [-0.39, 0.29) is 12.2 Å². The molecule has 2 heteroatoms. The standard InChI is InChI=1S/C22H38O2/c23-21-13-9-19(10-14-21)7-5-17-1-2-18(4-3-17)6-8-20-11-15-22(24)16-12-20/h5,7,17-24H,1-4,6,8-16H2/b7-5+.